The molecule has 0 fully saturated rings. The van der Waals surface area contributed by atoms with E-state index < -0.39 is 10.0 Å². The van der Waals surface area contributed by atoms with Crippen molar-refractivity contribution in [2.45, 2.75) is 4.90 Å². The summed E-state index contributed by atoms with van der Waals surface area (Å²) in [5.74, 6) is 0.953. The third kappa shape index (κ3) is 3.80. The lowest BCUT2D eigenvalue weighted by Crippen LogP contribution is -2.25. The number of benzene rings is 2. The van der Waals surface area contributed by atoms with Crippen LogP contribution in [0.15, 0.2) is 65.7 Å². The van der Waals surface area contributed by atoms with Gasteiger partial charge in [-0.1, -0.05) is 12.1 Å². The van der Waals surface area contributed by atoms with Crippen LogP contribution in [0.4, 0.5) is 17.2 Å². The van der Waals surface area contributed by atoms with Gasteiger partial charge in [-0.15, -0.1) is 0 Å². The summed E-state index contributed by atoms with van der Waals surface area (Å²) in [7, 11) is -3.79. The van der Waals surface area contributed by atoms with Gasteiger partial charge in [0.25, 0.3) is 5.91 Å². The molecule has 1 aliphatic rings. The zero-order valence-electron chi connectivity index (χ0n) is 14.5. The number of hydrogen-bond acceptors (Lipinski definition) is 6. The molecule has 4 N–H and O–H groups in total. The van der Waals surface area contributed by atoms with Crippen LogP contribution < -0.4 is 20.5 Å². The molecule has 1 aromatic heterocycles. The smallest absolute Gasteiger partial charge is 0.262 e. The van der Waals surface area contributed by atoms with E-state index in [0.717, 1.165) is 11.1 Å². The van der Waals surface area contributed by atoms with Gasteiger partial charge in [0.05, 0.1) is 10.6 Å². The van der Waals surface area contributed by atoms with Crippen molar-refractivity contribution in [3.05, 3.63) is 60.8 Å². The van der Waals surface area contributed by atoms with E-state index in [1.807, 2.05) is 24.3 Å². The second kappa shape index (κ2) is 6.95. The van der Waals surface area contributed by atoms with Crippen molar-refractivity contribution >= 4 is 33.1 Å². The van der Waals surface area contributed by atoms with Gasteiger partial charge in [0.1, 0.15) is 11.6 Å². The lowest BCUT2D eigenvalue weighted by Gasteiger charge is -2.18. The Hall–Kier alpha value is -3.43. The third-order valence-corrected chi connectivity index (χ3v) is 5.05. The van der Waals surface area contributed by atoms with Crippen molar-refractivity contribution in [3.8, 4) is 16.9 Å². The molecule has 0 unspecified atom stereocenters. The summed E-state index contributed by atoms with van der Waals surface area (Å²) >= 11 is 0. The first-order valence-corrected chi connectivity index (χ1v) is 9.86. The van der Waals surface area contributed by atoms with Gasteiger partial charge in [-0.2, -0.15) is 0 Å². The normalized spacial score (nSPS) is 13.2. The lowest BCUT2D eigenvalue weighted by molar-refractivity contribution is -0.118. The van der Waals surface area contributed by atoms with Gasteiger partial charge in [0, 0.05) is 11.9 Å². The van der Waals surface area contributed by atoms with E-state index in [9.17, 15) is 13.2 Å². The quantitative estimate of drug-likeness (QED) is 0.622. The molecule has 0 bridgehead atoms. The lowest BCUT2D eigenvalue weighted by atomic mass is 10.1. The number of nitrogens with one attached hydrogen (secondary N) is 2. The Morgan fingerprint density at radius 2 is 1.89 bits per heavy atom. The van der Waals surface area contributed by atoms with Crippen LogP contribution in [0.2, 0.25) is 0 Å². The van der Waals surface area contributed by atoms with Gasteiger partial charge in [-0.25, -0.2) is 18.5 Å². The van der Waals surface area contributed by atoms with Gasteiger partial charge in [0.2, 0.25) is 10.0 Å². The number of nitrogens with two attached hydrogens (primary N) is 1. The number of anilines is 3. The molecule has 2 aromatic carbocycles. The fourth-order valence-electron chi connectivity index (χ4n) is 2.84. The van der Waals surface area contributed by atoms with E-state index in [0.29, 0.717) is 22.9 Å². The second-order valence-corrected chi connectivity index (χ2v) is 7.74. The maximum absolute atomic E-state index is 11.5. The molecule has 0 radical (unpaired) electrons. The minimum atomic E-state index is -3.79. The van der Waals surface area contributed by atoms with E-state index in [-0.39, 0.29) is 17.4 Å². The highest BCUT2D eigenvalue weighted by Crippen LogP contribution is 2.33. The maximum Gasteiger partial charge on any atom is 0.262 e. The van der Waals surface area contributed by atoms with Crippen molar-refractivity contribution in [2.75, 3.05) is 17.2 Å². The molecule has 28 heavy (non-hydrogen) atoms. The average molecular weight is 396 g/mol. The van der Waals surface area contributed by atoms with Crippen LogP contribution >= 0.6 is 0 Å². The molecule has 2 heterocycles. The Bertz CT molecular complexity index is 1180. The molecule has 142 valence electrons. The van der Waals surface area contributed by atoms with E-state index in [4.69, 9.17) is 9.88 Å². The zero-order valence-corrected chi connectivity index (χ0v) is 15.4. The van der Waals surface area contributed by atoms with E-state index in [1.54, 1.807) is 24.4 Å². The fourth-order valence-corrected chi connectivity index (χ4v) is 3.40. The van der Waals surface area contributed by atoms with Crippen molar-refractivity contribution in [3.63, 3.8) is 0 Å². The molecule has 3 aromatic rings. The monoisotopic (exact) mass is 396 g/mol. The molecule has 0 spiro atoms. The summed E-state index contributed by atoms with van der Waals surface area (Å²) in [5.41, 5.74) is 2.89. The molecule has 0 atom stereocenters. The number of nitrogens with zero attached hydrogens (tertiary/aromatic N) is 1. The molecular formula is C19H16N4O4S. The summed E-state index contributed by atoms with van der Waals surface area (Å²) in [6.45, 7) is 0.00720. The van der Waals surface area contributed by atoms with Crippen molar-refractivity contribution in [1.82, 2.24) is 4.98 Å². The van der Waals surface area contributed by atoms with Crippen LogP contribution in [0.25, 0.3) is 11.1 Å². The summed E-state index contributed by atoms with van der Waals surface area (Å²) in [6, 6.07) is 15.3. The molecule has 1 aliphatic heterocycles. The summed E-state index contributed by atoms with van der Waals surface area (Å²) in [5, 5.41) is 11.0. The van der Waals surface area contributed by atoms with Crippen LogP contribution in [-0.4, -0.2) is 25.9 Å². The van der Waals surface area contributed by atoms with Gasteiger partial charge in [-0.3, -0.25) is 4.79 Å². The van der Waals surface area contributed by atoms with Crippen LogP contribution in [-0.2, 0) is 14.8 Å². The third-order valence-electron chi connectivity index (χ3n) is 4.14. The average Bonchev–Trinajstić information content (AvgIpc) is 2.67. The van der Waals surface area contributed by atoms with Gasteiger partial charge in [-0.05, 0) is 53.6 Å². The van der Waals surface area contributed by atoms with Crippen LogP contribution in [0, 0.1) is 0 Å². The number of pyridine rings is 1. The van der Waals surface area contributed by atoms with Gasteiger partial charge < -0.3 is 15.4 Å². The number of carbonyl (C=O) groups excluding carboxylic acids is 1. The van der Waals surface area contributed by atoms with Gasteiger partial charge in [0.15, 0.2) is 6.61 Å². The fraction of sp³-hybridized carbons (Fsp3) is 0.0526. The molecule has 9 heteroatoms. The standard InChI is InChI=1S/C19H16N4O4S/c20-28(25,26)15-3-1-2-14(10-15)22-18-9-13(6-7-21-18)12-4-5-17-16(8-12)23-19(24)11-27-17/h1-10H,11H2,(H,21,22)(H,23,24)(H2,20,25,26). The minimum absolute atomic E-state index is 0.00720. The molecular weight excluding hydrogens is 380 g/mol. The maximum atomic E-state index is 11.5. The number of hydrogen-bond donors (Lipinski definition) is 3. The Labute approximate surface area is 161 Å². The Kier molecular flexibility index (Phi) is 4.46. The van der Waals surface area contributed by atoms with Crippen molar-refractivity contribution in [2.24, 2.45) is 5.14 Å². The predicted octanol–water partition coefficient (Wildman–Crippen LogP) is 2.47. The van der Waals surface area contributed by atoms with Crippen LogP contribution in [0.1, 0.15) is 0 Å². The molecule has 0 saturated carbocycles. The summed E-state index contributed by atoms with van der Waals surface area (Å²) < 4.78 is 28.4. The summed E-state index contributed by atoms with van der Waals surface area (Å²) in [6.07, 6.45) is 1.63. The Morgan fingerprint density at radius 1 is 1.07 bits per heavy atom. The first-order valence-electron chi connectivity index (χ1n) is 8.31. The number of primary sulfonamides is 1. The molecule has 4 rings (SSSR count). The number of amides is 1. The number of fused-ring (bicyclic) bond motifs is 1. The predicted molar refractivity (Wildman–Crippen MR) is 105 cm³/mol. The van der Waals surface area contributed by atoms with E-state index in [2.05, 4.69) is 15.6 Å². The number of rotatable bonds is 4. The van der Waals surface area contributed by atoms with Crippen molar-refractivity contribution in [1.29, 1.82) is 0 Å². The Balaban J connectivity index is 1.62. The zero-order chi connectivity index (χ0) is 19.7. The molecule has 0 aliphatic carbocycles. The summed E-state index contributed by atoms with van der Waals surface area (Å²) in [4.78, 5) is 15.8. The van der Waals surface area contributed by atoms with Crippen molar-refractivity contribution < 1.29 is 17.9 Å². The molecule has 1 amide bonds. The van der Waals surface area contributed by atoms with Crippen LogP contribution in [0.5, 0.6) is 5.75 Å². The highest BCUT2D eigenvalue weighted by Gasteiger charge is 2.16. The Morgan fingerprint density at radius 3 is 2.71 bits per heavy atom. The highest BCUT2D eigenvalue weighted by atomic mass is 32.2. The largest absolute Gasteiger partial charge is 0.482 e. The minimum Gasteiger partial charge on any atom is -0.482 e. The van der Waals surface area contributed by atoms with Gasteiger partial charge >= 0.3 is 0 Å². The molecule has 8 nitrogen and oxygen atoms in total. The molecule has 0 saturated heterocycles. The number of aromatic nitrogens is 1. The highest BCUT2D eigenvalue weighted by molar-refractivity contribution is 7.89. The number of carbonyl (C=O) groups is 1. The van der Waals surface area contributed by atoms with E-state index in [1.165, 1.54) is 12.1 Å². The van der Waals surface area contributed by atoms with Crippen LogP contribution in [0.3, 0.4) is 0 Å². The first-order chi connectivity index (χ1) is 13.4. The van der Waals surface area contributed by atoms with E-state index >= 15 is 0 Å². The second-order valence-electron chi connectivity index (χ2n) is 6.18. The first kappa shape index (κ1) is 18.0. The number of sulfonamides is 1. The SMILES string of the molecule is NS(=O)(=O)c1cccc(Nc2cc(-c3ccc4c(c3)NC(=O)CO4)ccn2)c1. The number of ether oxygens (including phenoxy) is 1. The topological polar surface area (TPSA) is 123 Å².